The first-order valence-electron chi connectivity index (χ1n) is 9.48. The number of aromatic hydroxyl groups is 1. The van der Waals surface area contributed by atoms with E-state index in [2.05, 4.69) is 15.3 Å². The largest absolute Gasteiger partial charge is 0.494 e. The van der Waals surface area contributed by atoms with Crippen molar-refractivity contribution in [2.24, 2.45) is 5.10 Å². The minimum atomic E-state index is -0.367. The number of aryl methyl sites for hydroxylation is 2. The predicted octanol–water partition coefficient (Wildman–Crippen LogP) is 2.80. The standard InChI is InChI=1S/C22H21N5O4/c1-13-24-25-14(2)27(13)23-12-18-16-7-5-6-8-17(16)21(28)26(22(18)29)15-9-10-19(30-3)20(11-15)31-4/h5-12,29H,1-4H3/b23-12+. The molecule has 0 saturated carbocycles. The van der Waals surface area contributed by atoms with E-state index in [0.29, 0.717) is 45.2 Å². The van der Waals surface area contributed by atoms with Gasteiger partial charge in [-0.15, -0.1) is 10.2 Å². The van der Waals surface area contributed by atoms with Crippen LogP contribution in [0.3, 0.4) is 0 Å². The van der Waals surface area contributed by atoms with Crippen LogP contribution in [-0.4, -0.2) is 45.0 Å². The Morgan fingerprint density at radius 2 is 1.61 bits per heavy atom. The molecule has 0 spiro atoms. The molecule has 4 aromatic rings. The van der Waals surface area contributed by atoms with E-state index in [4.69, 9.17) is 9.47 Å². The van der Waals surface area contributed by atoms with Crippen LogP contribution in [0.25, 0.3) is 16.5 Å². The molecule has 1 N–H and O–H groups in total. The van der Waals surface area contributed by atoms with Gasteiger partial charge in [-0.25, -0.2) is 9.24 Å². The van der Waals surface area contributed by atoms with Gasteiger partial charge in [-0.2, -0.15) is 5.10 Å². The highest BCUT2D eigenvalue weighted by Gasteiger charge is 2.18. The molecule has 31 heavy (non-hydrogen) atoms. The van der Waals surface area contributed by atoms with Crippen LogP contribution in [0.15, 0.2) is 52.4 Å². The maximum Gasteiger partial charge on any atom is 0.265 e. The fraction of sp³-hybridized carbons (Fsp3) is 0.182. The number of hydrogen-bond acceptors (Lipinski definition) is 7. The maximum absolute atomic E-state index is 13.3. The van der Waals surface area contributed by atoms with Crippen molar-refractivity contribution in [2.75, 3.05) is 14.2 Å². The van der Waals surface area contributed by atoms with Crippen LogP contribution < -0.4 is 15.0 Å². The molecule has 4 rings (SSSR count). The Morgan fingerprint density at radius 3 is 2.26 bits per heavy atom. The summed E-state index contributed by atoms with van der Waals surface area (Å²) >= 11 is 0. The van der Waals surface area contributed by atoms with E-state index in [0.717, 1.165) is 0 Å². The molecule has 0 aliphatic heterocycles. The van der Waals surface area contributed by atoms with Gasteiger partial charge in [0.15, 0.2) is 23.1 Å². The SMILES string of the molecule is COc1ccc(-n2c(O)c(/C=N/n3c(C)nnc3C)c3ccccc3c2=O)cc1OC. The summed E-state index contributed by atoms with van der Waals surface area (Å²) < 4.78 is 13.4. The Balaban J connectivity index is 1.99. The third-order valence-electron chi connectivity index (χ3n) is 4.98. The zero-order valence-corrected chi connectivity index (χ0v) is 17.5. The third-order valence-corrected chi connectivity index (χ3v) is 4.98. The molecule has 9 nitrogen and oxygen atoms in total. The Hall–Kier alpha value is -4.14. The monoisotopic (exact) mass is 419 g/mol. The summed E-state index contributed by atoms with van der Waals surface area (Å²) in [5.74, 6) is 1.91. The molecule has 0 aliphatic carbocycles. The molecule has 2 aromatic carbocycles. The van der Waals surface area contributed by atoms with Crippen molar-refractivity contribution in [1.29, 1.82) is 0 Å². The average Bonchev–Trinajstić information content (AvgIpc) is 3.11. The van der Waals surface area contributed by atoms with Crippen molar-refractivity contribution >= 4 is 17.0 Å². The number of ether oxygens (including phenoxy) is 2. The van der Waals surface area contributed by atoms with Gasteiger partial charge in [0, 0.05) is 16.8 Å². The zero-order chi connectivity index (χ0) is 22.1. The van der Waals surface area contributed by atoms with Gasteiger partial charge in [0.05, 0.1) is 31.7 Å². The molecular formula is C22H21N5O4. The number of benzene rings is 2. The number of hydrogen-bond donors (Lipinski definition) is 1. The van der Waals surface area contributed by atoms with E-state index < -0.39 is 0 Å². The van der Waals surface area contributed by atoms with Gasteiger partial charge in [0.2, 0.25) is 5.88 Å². The van der Waals surface area contributed by atoms with Crippen molar-refractivity contribution in [3.63, 3.8) is 0 Å². The number of aromatic nitrogens is 4. The summed E-state index contributed by atoms with van der Waals surface area (Å²) in [5, 5.41) is 24.5. The third kappa shape index (κ3) is 3.39. The Kier molecular flexibility index (Phi) is 5.16. The van der Waals surface area contributed by atoms with E-state index in [-0.39, 0.29) is 11.4 Å². The van der Waals surface area contributed by atoms with E-state index in [1.165, 1.54) is 25.0 Å². The van der Waals surface area contributed by atoms with E-state index in [1.807, 2.05) is 0 Å². The topological polar surface area (TPSA) is 104 Å². The Labute approximate surface area is 177 Å². The molecule has 0 amide bonds. The lowest BCUT2D eigenvalue weighted by molar-refractivity contribution is 0.354. The Morgan fingerprint density at radius 1 is 0.968 bits per heavy atom. The second-order valence-electron chi connectivity index (χ2n) is 6.81. The van der Waals surface area contributed by atoms with Crippen LogP contribution in [0, 0.1) is 13.8 Å². The van der Waals surface area contributed by atoms with Gasteiger partial charge in [-0.05, 0) is 32.0 Å². The van der Waals surface area contributed by atoms with E-state index in [1.54, 1.807) is 61.0 Å². The van der Waals surface area contributed by atoms with Crippen molar-refractivity contribution in [1.82, 2.24) is 19.4 Å². The lowest BCUT2D eigenvalue weighted by Gasteiger charge is -2.15. The summed E-state index contributed by atoms with van der Waals surface area (Å²) in [6.07, 6.45) is 1.50. The van der Waals surface area contributed by atoms with Crippen LogP contribution in [-0.2, 0) is 0 Å². The van der Waals surface area contributed by atoms with Crippen LogP contribution >= 0.6 is 0 Å². The molecule has 158 valence electrons. The molecule has 0 bridgehead atoms. The fourth-order valence-corrected chi connectivity index (χ4v) is 3.44. The molecule has 2 heterocycles. The van der Waals surface area contributed by atoms with Crippen LogP contribution in [0.2, 0.25) is 0 Å². The second-order valence-corrected chi connectivity index (χ2v) is 6.81. The molecular weight excluding hydrogens is 398 g/mol. The number of methoxy groups -OCH3 is 2. The predicted molar refractivity (Wildman–Crippen MR) is 117 cm³/mol. The summed E-state index contributed by atoms with van der Waals surface area (Å²) in [7, 11) is 3.03. The van der Waals surface area contributed by atoms with Gasteiger partial charge in [-0.3, -0.25) is 4.79 Å². The minimum absolute atomic E-state index is 0.247. The zero-order valence-electron chi connectivity index (χ0n) is 17.5. The van der Waals surface area contributed by atoms with Gasteiger partial charge < -0.3 is 14.6 Å². The fourth-order valence-electron chi connectivity index (χ4n) is 3.44. The molecule has 9 heteroatoms. The lowest BCUT2D eigenvalue weighted by atomic mass is 10.1. The number of rotatable bonds is 5. The van der Waals surface area contributed by atoms with Crippen molar-refractivity contribution in [3.05, 3.63) is 70.0 Å². The van der Waals surface area contributed by atoms with Gasteiger partial charge >= 0.3 is 0 Å². The first-order valence-corrected chi connectivity index (χ1v) is 9.48. The summed E-state index contributed by atoms with van der Waals surface area (Å²) in [6.45, 7) is 3.56. The van der Waals surface area contributed by atoms with Crippen molar-refractivity contribution < 1.29 is 14.6 Å². The van der Waals surface area contributed by atoms with E-state index >= 15 is 0 Å². The smallest absolute Gasteiger partial charge is 0.265 e. The molecule has 0 atom stereocenters. The van der Waals surface area contributed by atoms with Crippen molar-refractivity contribution in [3.8, 4) is 23.1 Å². The maximum atomic E-state index is 13.3. The van der Waals surface area contributed by atoms with E-state index in [9.17, 15) is 9.90 Å². The molecule has 0 fully saturated rings. The highest BCUT2D eigenvalue weighted by atomic mass is 16.5. The van der Waals surface area contributed by atoms with Gasteiger partial charge in [0.1, 0.15) is 0 Å². The van der Waals surface area contributed by atoms with Crippen LogP contribution in [0.1, 0.15) is 17.2 Å². The molecule has 0 saturated heterocycles. The van der Waals surface area contributed by atoms with Gasteiger partial charge in [0.25, 0.3) is 5.56 Å². The number of fused-ring (bicyclic) bond motifs is 1. The second kappa shape index (κ2) is 7.94. The molecule has 0 unspecified atom stereocenters. The molecule has 0 aliphatic rings. The highest BCUT2D eigenvalue weighted by molar-refractivity contribution is 6.01. The molecule has 2 aromatic heterocycles. The van der Waals surface area contributed by atoms with Crippen molar-refractivity contribution in [2.45, 2.75) is 13.8 Å². The quantitative estimate of drug-likeness (QED) is 0.499. The van der Waals surface area contributed by atoms with Crippen LogP contribution in [0.4, 0.5) is 0 Å². The number of pyridine rings is 1. The van der Waals surface area contributed by atoms with Gasteiger partial charge in [-0.1, -0.05) is 18.2 Å². The minimum Gasteiger partial charge on any atom is -0.494 e. The molecule has 0 radical (unpaired) electrons. The van der Waals surface area contributed by atoms with Crippen LogP contribution in [0.5, 0.6) is 17.4 Å². The number of nitrogens with zero attached hydrogens (tertiary/aromatic N) is 5. The summed E-state index contributed by atoms with van der Waals surface area (Å²) in [4.78, 5) is 13.3. The lowest BCUT2D eigenvalue weighted by Crippen LogP contribution is -2.20. The normalized spacial score (nSPS) is 11.4. The Bertz CT molecular complexity index is 1350. The first kappa shape index (κ1) is 20.1. The summed E-state index contributed by atoms with van der Waals surface area (Å²) in [6, 6.07) is 12.0. The summed E-state index contributed by atoms with van der Waals surface area (Å²) in [5.41, 5.74) is 0.448. The highest BCUT2D eigenvalue weighted by Crippen LogP contribution is 2.32. The average molecular weight is 419 g/mol. The first-order chi connectivity index (χ1) is 15.0.